The number of nitrogens with zero attached hydrogens (tertiary/aromatic N) is 2. The van der Waals surface area contributed by atoms with Crippen LogP contribution in [0.4, 0.5) is 10.8 Å². The summed E-state index contributed by atoms with van der Waals surface area (Å²) in [5.74, 6) is 0.191. The Balaban J connectivity index is 2.01. The third kappa shape index (κ3) is 2.24. The van der Waals surface area contributed by atoms with Crippen LogP contribution in [-0.4, -0.2) is 17.3 Å². The fraction of sp³-hybridized carbons (Fsp3) is 0.375. The molecule has 0 spiro atoms. The fourth-order valence-corrected chi connectivity index (χ4v) is 3.77. The monoisotopic (exact) mass is 286 g/mol. The molecular formula is C16H18N2OS. The van der Waals surface area contributed by atoms with Crippen molar-refractivity contribution in [1.29, 1.82) is 0 Å². The Kier molecular flexibility index (Phi) is 3.57. The molecule has 0 saturated carbocycles. The van der Waals surface area contributed by atoms with Gasteiger partial charge < -0.3 is 4.90 Å². The first kappa shape index (κ1) is 13.3. The first-order chi connectivity index (χ1) is 9.70. The predicted molar refractivity (Wildman–Crippen MR) is 83.2 cm³/mol. The van der Waals surface area contributed by atoms with E-state index >= 15 is 0 Å². The first-order valence-corrected chi connectivity index (χ1v) is 7.88. The lowest BCUT2D eigenvalue weighted by Crippen LogP contribution is -2.24. The van der Waals surface area contributed by atoms with Gasteiger partial charge in [0.15, 0.2) is 10.9 Å². The number of Topliss-reactive ketones (excluding diaryl/α,β-unsaturated/α-hetero) is 1. The van der Waals surface area contributed by atoms with Gasteiger partial charge in [0.1, 0.15) is 0 Å². The number of hydrogen-bond donors (Lipinski definition) is 0. The van der Waals surface area contributed by atoms with Crippen LogP contribution in [0, 0.1) is 6.92 Å². The van der Waals surface area contributed by atoms with Crippen molar-refractivity contribution in [1.82, 2.24) is 4.98 Å². The minimum Gasteiger partial charge on any atom is -0.318 e. The van der Waals surface area contributed by atoms with Crippen molar-refractivity contribution in [2.24, 2.45) is 0 Å². The third-order valence-corrected chi connectivity index (χ3v) is 4.92. The van der Waals surface area contributed by atoms with Gasteiger partial charge in [-0.05, 0) is 31.4 Å². The van der Waals surface area contributed by atoms with Crippen molar-refractivity contribution in [2.45, 2.75) is 33.1 Å². The van der Waals surface area contributed by atoms with E-state index in [2.05, 4.69) is 34.1 Å². The molecule has 0 unspecified atom stereocenters. The first-order valence-electron chi connectivity index (χ1n) is 7.06. The summed E-state index contributed by atoms with van der Waals surface area (Å²) in [5, 5.41) is 0.950. The molecule has 0 saturated heterocycles. The highest BCUT2D eigenvalue weighted by molar-refractivity contribution is 7.17. The zero-order valence-corrected chi connectivity index (χ0v) is 12.7. The molecule has 1 aliphatic heterocycles. The Hall–Kier alpha value is -1.68. The molecule has 1 aliphatic rings. The van der Waals surface area contributed by atoms with E-state index in [1.54, 1.807) is 0 Å². The second-order valence-corrected chi connectivity index (χ2v) is 6.05. The maximum Gasteiger partial charge on any atom is 0.190 e. The number of aryl methyl sites for hydroxylation is 2. The fourth-order valence-electron chi connectivity index (χ4n) is 2.65. The third-order valence-electron chi connectivity index (χ3n) is 3.70. The van der Waals surface area contributed by atoms with Crippen molar-refractivity contribution in [3.05, 3.63) is 40.4 Å². The van der Waals surface area contributed by atoms with E-state index in [1.807, 2.05) is 13.8 Å². The zero-order chi connectivity index (χ0) is 14.1. The minimum absolute atomic E-state index is 0.191. The number of benzene rings is 1. The quantitative estimate of drug-likeness (QED) is 0.795. The van der Waals surface area contributed by atoms with Gasteiger partial charge in [-0.25, -0.2) is 4.98 Å². The summed E-state index contributed by atoms with van der Waals surface area (Å²) in [6.45, 7) is 4.81. The van der Waals surface area contributed by atoms with Crippen LogP contribution in [-0.2, 0) is 6.42 Å². The minimum atomic E-state index is 0.191. The molecule has 0 bridgehead atoms. The number of thiazole rings is 1. The predicted octanol–water partition coefficient (Wildman–Crippen LogP) is 4.13. The number of rotatable bonds is 3. The topological polar surface area (TPSA) is 33.2 Å². The summed E-state index contributed by atoms with van der Waals surface area (Å²) in [4.78, 5) is 19.6. The highest BCUT2D eigenvalue weighted by atomic mass is 32.1. The smallest absolute Gasteiger partial charge is 0.190 e. The molecule has 2 heterocycles. The average molecular weight is 286 g/mol. The van der Waals surface area contributed by atoms with E-state index < -0.39 is 0 Å². The van der Waals surface area contributed by atoms with Gasteiger partial charge in [-0.1, -0.05) is 36.5 Å². The van der Waals surface area contributed by atoms with Crippen molar-refractivity contribution >= 4 is 27.9 Å². The molecule has 104 valence electrons. The summed E-state index contributed by atoms with van der Waals surface area (Å²) in [6.07, 6.45) is 2.80. The SMILES string of the molecule is CCC(=O)c1sc(N2CCCc3ccccc32)nc1C. The molecule has 2 aromatic rings. The van der Waals surface area contributed by atoms with E-state index in [1.165, 1.54) is 22.6 Å². The molecule has 3 nitrogen and oxygen atoms in total. The van der Waals surface area contributed by atoms with E-state index in [4.69, 9.17) is 0 Å². The number of ketones is 1. The number of carbonyl (C=O) groups is 1. The largest absolute Gasteiger partial charge is 0.318 e. The van der Waals surface area contributed by atoms with Crippen molar-refractivity contribution < 1.29 is 4.79 Å². The van der Waals surface area contributed by atoms with Crippen molar-refractivity contribution in [3.63, 3.8) is 0 Å². The molecule has 0 atom stereocenters. The Bertz CT molecular complexity index is 648. The second kappa shape index (κ2) is 5.37. The van der Waals surface area contributed by atoms with Crippen molar-refractivity contribution in [3.8, 4) is 0 Å². The number of carbonyl (C=O) groups excluding carboxylic acids is 1. The molecule has 4 heteroatoms. The highest BCUT2D eigenvalue weighted by Gasteiger charge is 2.22. The van der Waals surface area contributed by atoms with Gasteiger partial charge in [0.2, 0.25) is 0 Å². The zero-order valence-electron chi connectivity index (χ0n) is 11.8. The number of aromatic nitrogens is 1. The summed E-state index contributed by atoms with van der Waals surface area (Å²) in [7, 11) is 0. The highest BCUT2D eigenvalue weighted by Crippen LogP contribution is 2.36. The van der Waals surface area contributed by atoms with E-state index in [-0.39, 0.29) is 5.78 Å². The molecule has 0 aliphatic carbocycles. The standard InChI is InChI=1S/C16H18N2OS/c1-3-14(19)15-11(2)17-16(20-15)18-10-6-8-12-7-4-5-9-13(12)18/h4-5,7,9H,3,6,8,10H2,1-2H3. The maximum absolute atomic E-state index is 11.9. The number of fused-ring (bicyclic) bond motifs is 1. The number of para-hydroxylation sites is 1. The van der Waals surface area contributed by atoms with Crippen LogP contribution in [0.25, 0.3) is 0 Å². The van der Waals surface area contributed by atoms with E-state index in [0.717, 1.165) is 35.1 Å². The van der Waals surface area contributed by atoms with Gasteiger partial charge in [0.05, 0.1) is 10.6 Å². The number of anilines is 2. The molecule has 1 aromatic heterocycles. The molecule has 1 aromatic carbocycles. The Morgan fingerprint density at radius 2 is 2.20 bits per heavy atom. The van der Waals surface area contributed by atoms with Gasteiger partial charge in [-0.15, -0.1) is 0 Å². The summed E-state index contributed by atoms with van der Waals surface area (Å²) in [5.41, 5.74) is 3.47. The Morgan fingerprint density at radius 3 is 3.00 bits per heavy atom. The molecule has 20 heavy (non-hydrogen) atoms. The second-order valence-electron chi connectivity index (χ2n) is 5.07. The van der Waals surface area contributed by atoms with Crippen LogP contribution in [0.3, 0.4) is 0 Å². The summed E-state index contributed by atoms with van der Waals surface area (Å²) >= 11 is 1.53. The molecule has 0 radical (unpaired) electrons. The van der Waals surface area contributed by atoms with Gasteiger partial charge in [0.25, 0.3) is 0 Å². The van der Waals surface area contributed by atoms with Crippen molar-refractivity contribution in [2.75, 3.05) is 11.4 Å². The van der Waals surface area contributed by atoms with Crippen LogP contribution < -0.4 is 4.90 Å². The number of hydrogen-bond acceptors (Lipinski definition) is 4. The summed E-state index contributed by atoms with van der Waals surface area (Å²) < 4.78 is 0. The average Bonchev–Trinajstić information content (AvgIpc) is 2.87. The van der Waals surface area contributed by atoms with Crippen LogP contribution in [0.1, 0.15) is 40.7 Å². The van der Waals surface area contributed by atoms with E-state index in [0.29, 0.717) is 6.42 Å². The molecular weight excluding hydrogens is 268 g/mol. The molecule has 0 N–H and O–H groups in total. The van der Waals surface area contributed by atoms with E-state index in [9.17, 15) is 4.79 Å². The summed E-state index contributed by atoms with van der Waals surface area (Å²) in [6, 6.07) is 8.48. The lowest BCUT2D eigenvalue weighted by Gasteiger charge is -2.28. The Labute approximate surface area is 123 Å². The van der Waals surface area contributed by atoms with Crippen LogP contribution in [0.15, 0.2) is 24.3 Å². The van der Waals surface area contributed by atoms with Crippen LogP contribution in [0.5, 0.6) is 0 Å². The lowest BCUT2D eigenvalue weighted by molar-refractivity contribution is 0.0991. The van der Waals surface area contributed by atoms with Gasteiger partial charge >= 0.3 is 0 Å². The lowest BCUT2D eigenvalue weighted by atomic mass is 10.0. The van der Waals surface area contributed by atoms with Crippen LogP contribution >= 0.6 is 11.3 Å². The Morgan fingerprint density at radius 1 is 1.40 bits per heavy atom. The maximum atomic E-state index is 11.9. The molecule has 0 fully saturated rings. The van der Waals surface area contributed by atoms with Crippen LogP contribution in [0.2, 0.25) is 0 Å². The van der Waals surface area contributed by atoms with Gasteiger partial charge in [-0.2, -0.15) is 0 Å². The molecule has 3 rings (SSSR count). The van der Waals surface area contributed by atoms with Gasteiger partial charge in [-0.3, -0.25) is 4.79 Å². The normalized spacial score (nSPS) is 14.2. The molecule has 0 amide bonds. The van der Waals surface area contributed by atoms with Gasteiger partial charge in [0, 0.05) is 18.7 Å².